The van der Waals surface area contributed by atoms with E-state index in [2.05, 4.69) is 21.8 Å². The molecule has 3 rings (SSSR count). The molecule has 6 heteroatoms. The van der Waals surface area contributed by atoms with Gasteiger partial charge in [0, 0.05) is 12.1 Å². The molecule has 2 aromatic rings. The summed E-state index contributed by atoms with van der Waals surface area (Å²) in [6, 6.07) is 5.75. The maximum atomic E-state index is 12.0. The van der Waals surface area contributed by atoms with Gasteiger partial charge in [0.1, 0.15) is 0 Å². The summed E-state index contributed by atoms with van der Waals surface area (Å²) < 4.78 is 1.96. The predicted octanol–water partition coefficient (Wildman–Crippen LogP) is 2.05. The van der Waals surface area contributed by atoms with E-state index in [9.17, 15) is 4.79 Å². The summed E-state index contributed by atoms with van der Waals surface area (Å²) in [5, 5.41) is 11.6. The van der Waals surface area contributed by atoms with Crippen LogP contribution in [0.1, 0.15) is 31.1 Å². The van der Waals surface area contributed by atoms with Crippen LogP contribution in [0.2, 0.25) is 0 Å². The molecule has 1 N–H and O–H groups in total. The van der Waals surface area contributed by atoms with Crippen molar-refractivity contribution in [1.29, 1.82) is 0 Å². The number of rotatable bonds is 6. The highest BCUT2D eigenvalue weighted by molar-refractivity contribution is 7.98. The van der Waals surface area contributed by atoms with Crippen molar-refractivity contribution >= 4 is 23.3 Å². The van der Waals surface area contributed by atoms with E-state index in [4.69, 9.17) is 0 Å². The minimum Gasteiger partial charge on any atom is -0.346 e. The molecule has 0 saturated heterocycles. The molecule has 2 heterocycles. The maximum absolute atomic E-state index is 12.0. The molecule has 5 nitrogen and oxygen atoms in total. The van der Waals surface area contributed by atoms with Crippen LogP contribution in [0.15, 0.2) is 24.4 Å². The Morgan fingerprint density at radius 3 is 3.10 bits per heavy atom. The molecule has 0 spiro atoms. The number of hydrogen-bond donors (Lipinski definition) is 1. The monoisotopic (exact) mass is 290 g/mol. The average Bonchev–Trinajstić information content (AvgIpc) is 3.23. The summed E-state index contributed by atoms with van der Waals surface area (Å²) in [7, 11) is 0. The number of carbonyl (C=O) groups is 1. The van der Waals surface area contributed by atoms with Crippen molar-refractivity contribution < 1.29 is 4.79 Å². The van der Waals surface area contributed by atoms with Crippen LogP contribution in [0.3, 0.4) is 0 Å². The smallest absolute Gasteiger partial charge is 0.223 e. The largest absolute Gasteiger partial charge is 0.346 e. The fourth-order valence-corrected chi connectivity index (χ4v) is 2.71. The number of nitrogens with zero attached hydrogens (tertiary/aromatic N) is 3. The first-order chi connectivity index (χ1) is 9.79. The van der Waals surface area contributed by atoms with Crippen molar-refractivity contribution in [3.05, 3.63) is 30.2 Å². The van der Waals surface area contributed by atoms with Crippen molar-refractivity contribution in [1.82, 2.24) is 19.9 Å². The van der Waals surface area contributed by atoms with Crippen LogP contribution in [0.25, 0.3) is 5.65 Å². The Kier molecular flexibility index (Phi) is 3.91. The fraction of sp³-hybridized carbons (Fsp3) is 0.500. The average molecular weight is 290 g/mol. The van der Waals surface area contributed by atoms with Crippen LogP contribution in [-0.2, 0) is 4.79 Å². The zero-order valence-corrected chi connectivity index (χ0v) is 12.3. The zero-order valence-electron chi connectivity index (χ0n) is 11.5. The molecular formula is C14H18N4OS. The Morgan fingerprint density at radius 1 is 1.50 bits per heavy atom. The molecule has 1 saturated carbocycles. The first kappa shape index (κ1) is 13.4. The van der Waals surface area contributed by atoms with Gasteiger partial charge in [0.05, 0.1) is 6.04 Å². The van der Waals surface area contributed by atoms with Crippen LogP contribution >= 0.6 is 11.8 Å². The van der Waals surface area contributed by atoms with Gasteiger partial charge in [-0.3, -0.25) is 9.20 Å². The van der Waals surface area contributed by atoms with Gasteiger partial charge in [-0.25, -0.2) is 0 Å². The van der Waals surface area contributed by atoms with E-state index in [1.165, 1.54) is 0 Å². The zero-order chi connectivity index (χ0) is 13.9. The maximum Gasteiger partial charge on any atom is 0.223 e. The van der Waals surface area contributed by atoms with E-state index >= 15 is 0 Å². The Labute approximate surface area is 122 Å². The van der Waals surface area contributed by atoms with E-state index in [0.717, 1.165) is 36.5 Å². The molecule has 1 aliphatic rings. The second kappa shape index (κ2) is 5.83. The van der Waals surface area contributed by atoms with Crippen molar-refractivity contribution in [2.24, 2.45) is 5.92 Å². The topological polar surface area (TPSA) is 59.3 Å². The molecule has 1 fully saturated rings. The van der Waals surface area contributed by atoms with E-state index in [0.29, 0.717) is 0 Å². The number of aromatic nitrogens is 3. The van der Waals surface area contributed by atoms with E-state index < -0.39 is 0 Å². The molecule has 106 valence electrons. The lowest BCUT2D eigenvalue weighted by atomic mass is 10.2. The standard InChI is InChI=1S/C14H18N4OS/c1-20-9-7-11(15-14(19)10-5-6-10)13-17-16-12-4-2-3-8-18(12)13/h2-4,8,10-11H,5-7,9H2,1H3,(H,15,19). The van der Waals surface area contributed by atoms with Gasteiger partial charge in [0.2, 0.25) is 5.91 Å². The lowest BCUT2D eigenvalue weighted by Gasteiger charge is -2.16. The van der Waals surface area contributed by atoms with Crippen LogP contribution < -0.4 is 5.32 Å². The van der Waals surface area contributed by atoms with Crippen LogP contribution in [0, 0.1) is 5.92 Å². The second-order valence-electron chi connectivity index (χ2n) is 5.10. The van der Waals surface area contributed by atoms with Crippen molar-refractivity contribution in [2.45, 2.75) is 25.3 Å². The molecule has 0 bridgehead atoms. The van der Waals surface area contributed by atoms with Crippen LogP contribution in [0.4, 0.5) is 0 Å². The molecule has 1 unspecified atom stereocenters. The number of thioether (sulfide) groups is 1. The SMILES string of the molecule is CSCCC(NC(=O)C1CC1)c1nnc2ccccn12. The van der Waals surface area contributed by atoms with Gasteiger partial charge in [0.25, 0.3) is 0 Å². The second-order valence-corrected chi connectivity index (χ2v) is 6.09. The number of fused-ring (bicyclic) bond motifs is 1. The third kappa shape index (κ3) is 2.80. The molecular weight excluding hydrogens is 272 g/mol. The summed E-state index contributed by atoms with van der Waals surface area (Å²) in [5.41, 5.74) is 0.817. The third-order valence-electron chi connectivity index (χ3n) is 3.53. The summed E-state index contributed by atoms with van der Waals surface area (Å²) in [5.74, 6) is 2.18. The normalized spacial score (nSPS) is 16.2. The highest BCUT2D eigenvalue weighted by atomic mass is 32.2. The Balaban J connectivity index is 1.84. The molecule has 20 heavy (non-hydrogen) atoms. The Bertz CT molecular complexity index is 608. The van der Waals surface area contributed by atoms with Gasteiger partial charge < -0.3 is 5.32 Å². The minimum absolute atomic E-state index is 0.0621. The number of hydrogen-bond acceptors (Lipinski definition) is 4. The highest BCUT2D eigenvalue weighted by Crippen LogP contribution is 2.30. The molecule has 2 aromatic heterocycles. The van der Waals surface area contributed by atoms with Gasteiger partial charge >= 0.3 is 0 Å². The predicted molar refractivity (Wildman–Crippen MR) is 79.6 cm³/mol. The van der Waals surface area contributed by atoms with E-state index in [1.807, 2.05) is 28.8 Å². The summed E-state index contributed by atoms with van der Waals surface area (Å²) in [6.45, 7) is 0. The number of nitrogens with one attached hydrogen (secondary N) is 1. The molecule has 1 atom stereocenters. The van der Waals surface area contributed by atoms with Gasteiger partial charge in [-0.05, 0) is 43.4 Å². The molecule has 0 aliphatic heterocycles. The van der Waals surface area contributed by atoms with Crippen molar-refractivity contribution in [3.63, 3.8) is 0 Å². The van der Waals surface area contributed by atoms with Crippen LogP contribution in [0.5, 0.6) is 0 Å². The molecule has 0 radical (unpaired) electrons. The Morgan fingerprint density at radius 2 is 2.35 bits per heavy atom. The first-order valence-corrected chi connectivity index (χ1v) is 8.28. The minimum atomic E-state index is -0.0621. The van der Waals surface area contributed by atoms with Gasteiger partial charge in [-0.2, -0.15) is 11.8 Å². The van der Waals surface area contributed by atoms with Crippen molar-refractivity contribution in [2.75, 3.05) is 12.0 Å². The summed E-state index contributed by atoms with van der Waals surface area (Å²) in [4.78, 5) is 12.0. The number of amides is 1. The summed E-state index contributed by atoms with van der Waals surface area (Å²) in [6.07, 6.45) is 6.92. The third-order valence-corrected chi connectivity index (χ3v) is 4.17. The quantitative estimate of drug-likeness (QED) is 0.884. The van der Waals surface area contributed by atoms with E-state index in [-0.39, 0.29) is 17.9 Å². The van der Waals surface area contributed by atoms with Gasteiger partial charge in [-0.1, -0.05) is 6.07 Å². The highest BCUT2D eigenvalue weighted by Gasteiger charge is 2.32. The number of pyridine rings is 1. The number of carbonyl (C=O) groups excluding carboxylic acids is 1. The van der Waals surface area contributed by atoms with E-state index in [1.54, 1.807) is 11.8 Å². The molecule has 1 aliphatic carbocycles. The first-order valence-electron chi connectivity index (χ1n) is 6.88. The van der Waals surface area contributed by atoms with Gasteiger partial charge in [0.15, 0.2) is 11.5 Å². The van der Waals surface area contributed by atoms with Gasteiger partial charge in [-0.15, -0.1) is 10.2 Å². The fourth-order valence-electron chi connectivity index (χ4n) is 2.23. The lowest BCUT2D eigenvalue weighted by Crippen LogP contribution is -2.31. The Hall–Kier alpha value is -1.56. The summed E-state index contributed by atoms with van der Waals surface area (Å²) >= 11 is 1.77. The lowest BCUT2D eigenvalue weighted by molar-refractivity contribution is -0.123. The van der Waals surface area contributed by atoms with Crippen LogP contribution in [-0.4, -0.2) is 32.5 Å². The van der Waals surface area contributed by atoms with Crippen molar-refractivity contribution in [3.8, 4) is 0 Å². The molecule has 0 aromatic carbocycles. The molecule has 1 amide bonds.